The zero-order valence-corrected chi connectivity index (χ0v) is 8.18. The predicted octanol–water partition coefficient (Wildman–Crippen LogP) is 0.955. The van der Waals surface area contributed by atoms with Crippen molar-refractivity contribution in [3.63, 3.8) is 0 Å². The third kappa shape index (κ3) is 1.74. The Morgan fingerprint density at radius 2 is 2.29 bits per heavy atom. The van der Waals surface area contributed by atoms with Crippen molar-refractivity contribution in [3.05, 3.63) is 34.6 Å². The van der Waals surface area contributed by atoms with Crippen molar-refractivity contribution in [3.8, 4) is 0 Å². The van der Waals surface area contributed by atoms with Crippen LogP contribution in [0.15, 0.2) is 18.2 Å². The van der Waals surface area contributed by atoms with E-state index in [1.807, 2.05) is 0 Å². The average molecular weight is 216 g/mol. The fraction of sp³-hybridized carbons (Fsp3) is 0.333. The molecule has 1 heterocycles. The molecule has 0 amide bonds. The van der Waals surface area contributed by atoms with Gasteiger partial charge in [-0.3, -0.25) is 5.43 Å². The number of nitrogens with two attached hydrogens (primary N) is 1. The van der Waals surface area contributed by atoms with Gasteiger partial charge in [0.2, 0.25) is 0 Å². The van der Waals surface area contributed by atoms with E-state index in [1.165, 1.54) is 12.1 Å². The molecular weight excluding hydrogens is 205 g/mol. The predicted molar refractivity (Wildman–Crippen MR) is 53.3 cm³/mol. The van der Waals surface area contributed by atoms with E-state index < -0.39 is 0 Å². The molecule has 0 saturated carbocycles. The summed E-state index contributed by atoms with van der Waals surface area (Å²) in [6, 6.07) is 4.12. The fourth-order valence-electron chi connectivity index (χ4n) is 1.57. The minimum atomic E-state index is -0.286. The van der Waals surface area contributed by atoms with Crippen LogP contribution in [0, 0.1) is 5.82 Å². The van der Waals surface area contributed by atoms with Gasteiger partial charge >= 0.3 is 0 Å². The van der Waals surface area contributed by atoms with Gasteiger partial charge in [-0.2, -0.15) is 0 Å². The van der Waals surface area contributed by atoms with Crippen molar-refractivity contribution in [2.75, 3.05) is 6.54 Å². The Balaban J connectivity index is 2.34. The van der Waals surface area contributed by atoms with Crippen molar-refractivity contribution in [2.24, 2.45) is 5.73 Å². The van der Waals surface area contributed by atoms with E-state index in [0.717, 1.165) is 0 Å². The molecule has 1 aliphatic rings. The molecule has 2 unspecified atom stereocenters. The Kier molecular flexibility index (Phi) is 2.69. The molecule has 0 radical (unpaired) electrons. The summed E-state index contributed by atoms with van der Waals surface area (Å²) in [7, 11) is 0. The molecule has 0 bridgehead atoms. The average Bonchev–Trinajstić information content (AvgIpc) is 2.56. The number of rotatable bonds is 1. The molecule has 5 heteroatoms. The highest BCUT2D eigenvalue weighted by Gasteiger charge is 2.27. The maximum absolute atomic E-state index is 13.4. The van der Waals surface area contributed by atoms with E-state index in [4.69, 9.17) is 17.3 Å². The summed E-state index contributed by atoms with van der Waals surface area (Å²) in [6.07, 6.45) is 0. The zero-order chi connectivity index (χ0) is 10.1. The van der Waals surface area contributed by atoms with Crippen LogP contribution in [0.1, 0.15) is 11.6 Å². The topological polar surface area (TPSA) is 50.1 Å². The van der Waals surface area contributed by atoms with Gasteiger partial charge in [-0.1, -0.05) is 11.6 Å². The molecule has 0 spiro atoms. The van der Waals surface area contributed by atoms with Crippen molar-refractivity contribution < 1.29 is 4.39 Å². The summed E-state index contributed by atoms with van der Waals surface area (Å²) in [6.45, 7) is 0.622. The van der Waals surface area contributed by atoms with Crippen LogP contribution in [0.3, 0.4) is 0 Å². The first-order valence-electron chi connectivity index (χ1n) is 4.37. The lowest BCUT2D eigenvalue weighted by molar-refractivity contribution is 0.510. The van der Waals surface area contributed by atoms with Gasteiger partial charge in [0, 0.05) is 23.2 Å². The zero-order valence-electron chi connectivity index (χ0n) is 7.43. The lowest BCUT2D eigenvalue weighted by Gasteiger charge is -2.15. The molecule has 0 aromatic heterocycles. The highest BCUT2D eigenvalue weighted by Crippen LogP contribution is 2.24. The Labute approximate surface area is 86.4 Å². The second kappa shape index (κ2) is 3.82. The highest BCUT2D eigenvalue weighted by molar-refractivity contribution is 6.30. The quantitative estimate of drug-likeness (QED) is 0.654. The van der Waals surface area contributed by atoms with Gasteiger partial charge in [-0.05, 0) is 18.2 Å². The first kappa shape index (κ1) is 9.86. The summed E-state index contributed by atoms with van der Waals surface area (Å²) in [5, 5.41) is 0.516. The molecule has 1 aliphatic heterocycles. The van der Waals surface area contributed by atoms with E-state index in [1.54, 1.807) is 6.07 Å². The second-order valence-electron chi connectivity index (χ2n) is 3.33. The summed E-state index contributed by atoms with van der Waals surface area (Å²) >= 11 is 5.79. The third-order valence-electron chi connectivity index (χ3n) is 2.32. The SMILES string of the molecule is NC1CNNC1c1cc(Cl)ccc1F. The molecule has 1 aromatic rings. The minimum Gasteiger partial charge on any atom is -0.325 e. The van der Waals surface area contributed by atoms with Crippen molar-refractivity contribution in [2.45, 2.75) is 12.1 Å². The summed E-state index contributed by atoms with van der Waals surface area (Å²) in [4.78, 5) is 0. The van der Waals surface area contributed by atoms with Crippen molar-refractivity contribution >= 4 is 11.6 Å². The molecule has 0 aliphatic carbocycles. The Bertz CT molecular complexity index is 345. The van der Waals surface area contributed by atoms with Gasteiger partial charge < -0.3 is 5.73 Å². The Morgan fingerprint density at radius 1 is 1.50 bits per heavy atom. The number of hydrazine groups is 1. The Morgan fingerprint density at radius 3 is 2.93 bits per heavy atom. The summed E-state index contributed by atoms with van der Waals surface area (Å²) < 4.78 is 13.4. The molecule has 2 rings (SSSR count). The molecule has 1 aromatic carbocycles. The van der Waals surface area contributed by atoms with E-state index in [-0.39, 0.29) is 17.9 Å². The van der Waals surface area contributed by atoms with Crippen LogP contribution < -0.4 is 16.6 Å². The van der Waals surface area contributed by atoms with Gasteiger partial charge in [0.1, 0.15) is 5.82 Å². The van der Waals surface area contributed by atoms with Crippen LogP contribution in [-0.2, 0) is 0 Å². The monoisotopic (exact) mass is 215 g/mol. The van der Waals surface area contributed by atoms with Gasteiger partial charge in [-0.15, -0.1) is 0 Å². The van der Waals surface area contributed by atoms with Crippen LogP contribution in [0.5, 0.6) is 0 Å². The molecule has 2 atom stereocenters. The lowest BCUT2D eigenvalue weighted by Crippen LogP contribution is -2.30. The number of nitrogens with one attached hydrogen (secondary N) is 2. The van der Waals surface area contributed by atoms with Crippen molar-refractivity contribution in [1.82, 2.24) is 10.9 Å². The van der Waals surface area contributed by atoms with Gasteiger partial charge in [0.15, 0.2) is 0 Å². The van der Waals surface area contributed by atoms with Gasteiger partial charge in [-0.25, -0.2) is 9.82 Å². The van der Waals surface area contributed by atoms with Crippen molar-refractivity contribution in [1.29, 1.82) is 0 Å². The molecule has 3 nitrogen and oxygen atoms in total. The fourth-order valence-corrected chi connectivity index (χ4v) is 1.75. The van der Waals surface area contributed by atoms with Crippen LogP contribution in [0.2, 0.25) is 5.02 Å². The maximum atomic E-state index is 13.4. The normalized spacial score (nSPS) is 26.8. The third-order valence-corrected chi connectivity index (χ3v) is 2.55. The number of hydrogen-bond acceptors (Lipinski definition) is 3. The van der Waals surface area contributed by atoms with Crippen LogP contribution in [-0.4, -0.2) is 12.6 Å². The molecule has 14 heavy (non-hydrogen) atoms. The van der Waals surface area contributed by atoms with Crippen LogP contribution >= 0.6 is 11.6 Å². The van der Waals surface area contributed by atoms with Crippen LogP contribution in [0.25, 0.3) is 0 Å². The lowest BCUT2D eigenvalue weighted by atomic mass is 10.0. The molecule has 76 valence electrons. The maximum Gasteiger partial charge on any atom is 0.128 e. The molecule has 1 saturated heterocycles. The Hall–Kier alpha value is -0.680. The number of hydrogen-bond donors (Lipinski definition) is 3. The minimum absolute atomic E-state index is 0.136. The van der Waals surface area contributed by atoms with E-state index >= 15 is 0 Å². The number of halogens is 2. The van der Waals surface area contributed by atoms with E-state index in [9.17, 15) is 4.39 Å². The molecule has 1 fully saturated rings. The van der Waals surface area contributed by atoms with Crippen LogP contribution in [0.4, 0.5) is 4.39 Å². The van der Waals surface area contributed by atoms with Gasteiger partial charge in [0.05, 0.1) is 6.04 Å². The summed E-state index contributed by atoms with van der Waals surface area (Å²) in [5.74, 6) is -0.286. The van der Waals surface area contributed by atoms with E-state index in [2.05, 4.69) is 10.9 Å². The first-order valence-corrected chi connectivity index (χ1v) is 4.75. The highest BCUT2D eigenvalue weighted by atomic mass is 35.5. The second-order valence-corrected chi connectivity index (χ2v) is 3.77. The first-order chi connectivity index (χ1) is 6.68. The van der Waals surface area contributed by atoms with E-state index in [0.29, 0.717) is 17.1 Å². The molecule has 4 N–H and O–H groups in total. The smallest absolute Gasteiger partial charge is 0.128 e. The largest absolute Gasteiger partial charge is 0.325 e. The molecular formula is C9H11ClFN3. The number of benzene rings is 1. The standard InChI is InChI=1S/C9H11ClFN3/c10-5-1-2-7(11)6(3-5)9-8(12)4-13-14-9/h1-3,8-9,13-14H,4,12H2. The van der Waals surface area contributed by atoms with Gasteiger partial charge in [0.25, 0.3) is 0 Å². The summed E-state index contributed by atoms with van der Waals surface area (Å²) in [5.41, 5.74) is 12.1.